The summed E-state index contributed by atoms with van der Waals surface area (Å²) in [5.74, 6) is 0.989. The minimum Gasteiger partial charge on any atom is -0.493 e. The maximum atomic E-state index is 13.1. The molecule has 36 heavy (non-hydrogen) atoms. The molecular formula is C28H26N4O4. The number of pyridine rings is 1. The summed E-state index contributed by atoms with van der Waals surface area (Å²) < 4.78 is 12.1. The first kappa shape index (κ1) is 23.2. The zero-order valence-corrected chi connectivity index (χ0v) is 20.3. The molecule has 2 N–H and O–H groups in total. The van der Waals surface area contributed by atoms with Gasteiger partial charge >= 0.3 is 0 Å². The van der Waals surface area contributed by atoms with Gasteiger partial charge in [-0.15, -0.1) is 0 Å². The molecule has 0 bridgehead atoms. The van der Waals surface area contributed by atoms with Crippen LogP contribution in [0.25, 0.3) is 27.5 Å². The van der Waals surface area contributed by atoms with Gasteiger partial charge in [0.1, 0.15) is 0 Å². The van der Waals surface area contributed by atoms with E-state index in [9.17, 15) is 9.59 Å². The van der Waals surface area contributed by atoms with Crippen molar-refractivity contribution in [3.63, 3.8) is 0 Å². The Balaban J connectivity index is 1.46. The minimum absolute atomic E-state index is 0.188. The first-order valence-electron chi connectivity index (χ1n) is 11.6. The second-order valence-electron chi connectivity index (χ2n) is 8.42. The Labute approximate surface area is 207 Å². The van der Waals surface area contributed by atoms with Crippen LogP contribution in [0.4, 0.5) is 0 Å². The Bertz CT molecular complexity index is 1630. The largest absolute Gasteiger partial charge is 0.493 e. The van der Waals surface area contributed by atoms with Crippen LogP contribution in [-0.4, -0.2) is 34.9 Å². The van der Waals surface area contributed by atoms with Crippen LogP contribution in [0.5, 0.6) is 11.5 Å². The van der Waals surface area contributed by atoms with Crippen LogP contribution in [0.1, 0.15) is 28.4 Å². The number of hydrogen-bond acceptors (Lipinski definition) is 5. The van der Waals surface area contributed by atoms with Crippen molar-refractivity contribution in [3.8, 4) is 17.2 Å². The van der Waals surface area contributed by atoms with Crippen molar-refractivity contribution in [1.29, 1.82) is 0 Å². The molecule has 0 aliphatic carbocycles. The van der Waals surface area contributed by atoms with Gasteiger partial charge in [-0.2, -0.15) is 0 Å². The zero-order chi connectivity index (χ0) is 25.2. The number of aromatic amines is 1. The van der Waals surface area contributed by atoms with Crippen molar-refractivity contribution in [1.82, 2.24) is 20.1 Å². The number of fused-ring (bicyclic) bond motifs is 3. The van der Waals surface area contributed by atoms with Gasteiger partial charge in [0.25, 0.3) is 11.5 Å². The first-order chi connectivity index (χ1) is 17.5. The fourth-order valence-corrected chi connectivity index (χ4v) is 4.24. The third kappa shape index (κ3) is 4.17. The number of carbonyl (C=O) groups excluding carboxylic acids is 1. The van der Waals surface area contributed by atoms with E-state index in [1.807, 2.05) is 36.4 Å². The quantitative estimate of drug-likeness (QED) is 0.359. The van der Waals surface area contributed by atoms with E-state index in [1.54, 1.807) is 44.7 Å². The van der Waals surface area contributed by atoms with E-state index in [0.29, 0.717) is 45.4 Å². The number of rotatable bonds is 7. The SMILES string of the molecule is CCc1ccc(-n2[nH]c3c(cnc4ccc(C(=O)NCc5ccc(OC)c(OC)c5)cc43)c2=O)cc1. The predicted octanol–water partition coefficient (Wildman–Crippen LogP) is 4.38. The van der Waals surface area contributed by atoms with Crippen molar-refractivity contribution in [2.45, 2.75) is 19.9 Å². The Hall–Kier alpha value is -4.59. The number of nitrogens with one attached hydrogen (secondary N) is 2. The maximum Gasteiger partial charge on any atom is 0.280 e. The summed E-state index contributed by atoms with van der Waals surface area (Å²) in [5.41, 5.74) is 4.42. The molecule has 0 saturated heterocycles. The van der Waals surface area contributed by atoms with Gasteiger partial charge in [0.05, 0.1) is 36.3 Å². The molecule has 3 aromatic carbocycles. The standard InChI is InChI=1S/C28H26N4O4/c1-4-17-5-9-20(10-6-17)32-28(34)22-16-29-23-11-8-19(14-21(23)26(22)31-32)27(33)30-15-18-7-12-24(35-2)25(13-18)36-3/h5-14,16,31H,4,15H2,1-3H3,(H,30,33). The van der Waals surface area contributed by atoms with Crippen LogP contribution in [0.15, 0.2) is 71.7 Å². The van der Waals surface area contributed by atoms with E-state index in [0.717, 1.165) is 17.7 Å². The fraction of sp³-hybridized carbons (Fsp3) is 0.179. The lowest BCUT2D eigenvalue weighted by Crippen LogP contribution is -2.22. The number of amides is 1. The number of aryl methyl sites for hydroxylation is 1. The van der Waals surface area contributed by atoms with E-state index < -0.39 is 0 Å². The van der Waals surface area contributed by atoms with Crippen molar-refractivity contribution < 1.29 is 14.3 Å². The van der Waals surface area contributed by atoms with Crippen molar-refractivity contribution >= 4 is 27.7 Å². The molecule has 5 aromatic rings. The molecule has 0 radical (unpaired) electrons. The van der Waals surface area contributed by atoms with Crippen LogP contribution in [0, 0.1) is 0 Å². The summed E-state index contributed by atoms with van der Waals surface area (Å²) in [5, 5.41) is 7.32. The molecule has 5 rings (SSSR count). The Morgan fingerprint density at radius 3 is 2.42 bits per heavy atom. The number of benzene rings is 3. The molecule has 0 fully saturated rings. The number of ether oxygens (including phenoxy) is 2. The molecule has 0 spiro atoms. The molecule has 182 valence electrons. The highest BCUT2D eigenvalue weighted by Gasteiger charge is 2.15. The summed E-state index contributed by atoms with van der Waals surface area (Å²) in [7, 11) is 3.15. The monoisotopic (exact) mass is 482 g/mol. The molecule has 8 heteroatoms. The molecule has 0 aliphatic rings. The van der Waals surface area contributed by atoms with E-state index in [2.05, 4.69) is 22.3 Å². The second-order valence-corrected chi connectivity index (χ2v) is 8.42. The van der Waals surface area contributed by atoms with Gasteiger partial charge in [-0.1, -0.05) is 25.1 Å². The number of methoxy groups -OCH3 is 2. The Morgan fingerprint density at radius 2 is 1.69 bits per heavy atom. The maximum absolute atomic E-state index is 13.1. The Kier molecular flexibility index (Phi) is 6.16. The molecule has 2 aromatic heterocycles. The smallest absolute Gasteiger partial charge is 0.280 e. The normalized spacial score (nSPS) is 11.1. The molecule has 0 saturated carbocycles. The van der Waals surface area contributed by atoms with Gasteiger partial charge in [-0.25, -0.2) is 4.68 Å². The van der Waals surface area contributed by atoms with E-state index in [-0.39, 0.29) is 11.5 Å². The lowest BCUT2D eigenvalue weighted by Gasteiger charge is -2.10. The highest BCUT2D eigenvalue weighted by Crippen LogP contribution is 2.27. The molecule has 0 aliphatic heterocycles. The Morgan fingerprint density at radius 1 is 0.944 bits per heavy atom. The number of nitrogens with zero attached hydrogens (tertiary/aromatic N) is 2. The van der Waals surface area contributed by atoms with Gasteiger partial charge in [-0.05, 0) is 60.0 Å². The molecule has 2 heterocycles. The number of hydrogen-bond donors (Lipinski definition) is 2. The summed E-state index contributed by atoms with van der Waals surface area (Å²) in [6.07, 6.45) is 2.50. The minimum atomic E-state index is -0.236. The van der Waals surface area contributed by atoms with Gasteiger partial charge in [0.15, 0.2) is 11.5 Å². The van der Waals surface area contributed by atoms with Gasteiger partial charge in [-0.3, -0.25) is 19.7 Å². The van der Waals surface area contributed by atoms with Crippen LogP contribution >= 0.6 is 0 Å². The third-order valence-corrected chi connectivity index (χ3v) is 6.29. The summed E-state index contributed by atoms with van der Waals surface area (Å²) >= 11 is 0. The lowest BCUT2D eigenvalue weighted by molar-refractivity contribution is 0.0951. The first-order valence-corrected chi connectivity index (χ1v) is 11.6. The number of carbonyl (C=O) groups is 1. The van der Waals surface area contributed by atoms with E-state index >= 15 is 0 Å². The summed E-state index contributed by atoms with van der Waals surface area (Å²) in [6.45, 7) is 2.41. The van der Waals surface area contributed by atoms with Gasteiger partial charge in [0.2, 0.25) is 0 Å². The van der Waals surface area contributed by atoms with E-state index in [1.165, 1.54) is 10.2 Å². The van der Waals surface area contributed by atoms with Gasteiger partial charge < -0.3 is 14.8 Å². The summed E-state index contributed by atoms with van der Waals surface area (Å²) in [6, 6.07) is 18.6. The fourth-order valence-electron chi connectivity index (χ4n) is 4.24. The molecule has 1 amide bonds. The zero-order valence-electron chi connectivity index (χ0n) is 20.3. The van der Waals surface area contributed by atoms with Gasteiger partial charge in [0, 0.05) is 23.7 Å². The van der Waals surface area contributed by atoms with Crippen LogP contribution in [0.3, 0.4) is 0 Å². The highest BCUT2D eigenvalue weighted by atomic mass is 16.5. The molecular weight excluding hydrogens is 456 g/mol. The van der Waals surface area contributed by atoms with E-state index in [4.69, 9.17) is 9.47 Å². The molecule has 8 nitrogen and oxygen atoms in total. The molecule has 0 unspecified atom stereocenters. The highest BCUT2D eigenvalue weighted by molar-refractivity contribution is 6.06. The second kappa shape index (κ2) is 9.58. The molecule has 0 atom stereocenters. The third-order valence-electron chi connectivity index (χ3n) is 6.29. The van der Waals surface area contributed by atoms with Crippen LogP contribution in [-0.2, 0) is 13.0 Å². The lowest BCUT2D eigenvalue weighted by atomic mass is 10.1. The predicted molar refractivity (Wildman–Crippen MR) is 139 cm³/mol. The number of H-pyrrole nitrogens is 1. The van der Waals surface area contributed by atoms with Crippen molar-refractivity contribution in [3.05, 3.63) is 93.9 Å². The van der Waals surface area contributed by atoms with Crippen LogP contribution < -0.4 is 20.3 Å². The average molecular weight is 483 g/mol. The summed E-state index contributed by atoms with van der Waals surface area (Å²) in [4.78, 5) is 30.5. The number of aromatic nitrogens is 3. The van der Waals surface area contributed by atoms with Crippen molar-refractivity contribution in [2.24, 2.45) is 0 Å². The van der Waals surface area contributed by atoms with Crippen molar-refractivity contribution in [2.75, 3.05) is 14.2 Å². The van der Waals surface area contributed by atoms with Crippen LogP contribution in [0.2, 0.25) is 0 Å². The average Bonchev–Trinajstić information content (AvgIpc) is 3.27. The topological polar surface area (TPSA) is 98.2 Å².